The van der Waals surface area contributed by atoms with Crippen molar-refractivity contribution in [3.63, 3.8) is 0 Å². The molecule has 1 amide bonds. The minimum Gasteiger partial charge on any atom is -0.373 e. The number of nitrogens with one attached hydrogen (secondary N) is 1. The van der Waals surface area contributed by atoms with Crippen molar-refractivity contribution in [3.8, 4) is 11.4 Å². The van der Waals surface area contributed by atoms with Crippen LogP contribution >= 0.6 is 0 Å². The lowest BCUT2D eigenvalue weighted by atomic mass is 9.93. The summed E-state index contributed by atoms with van der Waals surface area (Å²) in [7, 11) is 1.85. The van der Waals surface area contributed by atoms with Gasteiger partial charge in [0.1, 0.15) is 5.82 Å². The Bertz CT molecular complexity index is 948. The second-order valence-corrected chi connectivity index (χ2v) is 6.82. The third-order valence-corrected chi connectivity index (χ3v) is 4.98. The van der Waals surface area contributed by atoms with Crippen LogP contribution in [0.1, 0.15) is 34.8 Å². The third-order valence-electron chi connectivity index (χ3n) is 4.98. The Labute approximate surface area is 163 Å². The first-order chi connectivity index (χ1) is 13.7. The van der Waals surface area contributed by atoms with E-state index in [0.29, 0.717) is 17.9 Å². The van der Waals surface area contributed by atoms with E-state index in [-0.39, 0.29) is 11.8 Å². The van der Waals surface area contributed by atoms with Crippen molar-refractivity contribution in [1.29, 1.82) is 0 Å². The zero-order valence-corrected chi connectivity index (χ0v) is 15.7. The number of carbonyl (C=O) groups excluding carboxylic acids is 1. The van der Waals surface area contributed by atoms with E-state index in [9.17, 15) is 4.79 Å². The number of hydrogen-bond donors (Lipinski definition) is 1. The maximum Gasteiger partial charge on any atom is 0.255 e. The summed E-state index contributed by atoms with van der Waals surface area (Å²) in [6.07, 6.45) is 8.71. The first-order valence-electron chi connectivity index (χ1n) is 9.41. The molecule has 1 fully saturated rings. The predicted molar refractivity (Wildman–Crippen MR) is 107 cm³/mol. The highest BCUT2D eigenvalue weighted by molar-refractivity contribution is 5.94. The topological polar surface area (TPSA) is 83.9 Å². The van der Waals surface area contributed by atoms with Crippen molar-refractivity contribution in [3.05, 3.63) is 66.4 Å². The second-order valence-electron chi connectivity index (χ2n) is 6.82. The van der Waals surface area contributed by atoms with Crippen LogP contribution in [0.25, 0.3) is 11.4 Å². The summed E-state index contributed by atoms with van der Waals surface area (Å²) in [6.45, 7) is 1.40. The van der Waals surface area contributed by atoms with Gasteiger partial charge in [0, 0.05) is 62.5 Å². The molecule has 3 aromatic heterocycles. The minimum absolute atomic E-state index is 0.0232. The Morgan fingerprint density at radius 2 is 2.00 bits per heavy atom. The molecule has 0 aromatic carbocycles. The fourth-order valence-corrected chi connectivity index (χ4v) is 3.51. The molecule has 1 saturated heterocycles. The summed E-state index contributed by atoms with van der Waals surface area (Å²) in [6, 6.07) is 9.38. The van der Waals surface area contributed by atoms with Crippen LogP contribution < -0.4 is 5.32 Å². The molecule has 7 heteroatoms. The van der Waals surface area contributed by atoms with Crippen LogP contribution in [0.4, 0.5) is 5.82 Å². The summed E-state index contributed by atoms with van der Waals surface area (Å²) in [5.41, 5.74) is 2.50. The van der Waals surface area contributed by atoms with Crippen molar-refractivity contribution >= 4 is 11.7 Å². The van der Waals surface area contributed by atoms with Crippen molar-refractivity contribution < 1.29 is 4.79 Å². The van der Waals surface area contributed by atoms with Crippen LogP contribution in [0.3, 0.4) is 0 Å². The van der Waals surface area contributed by atoms with Crippen LogP contribution in [0.15, 0.2) is 55.1 Å². The fourth-order valence-electron chi connectivity index (χ4n) is 3.51. The number of amides is 1. The SMILES string of the molecule is CNc1cc([C@H]2CCCN(C(=O)c3cccnc3)C2)nc(-c2ccncc2)n1. The van der Waals surface area contributed by atoms with E-state index in [1.54, 1.807) is 30.9 Å². The smallest absolute Gasteiger partial charge is 0.255 e. The molecule has 1 N–H and O–H groups in total. The van der Waals surface area contributed by atoms with Gasteiger partial charge in [0.05, 0.1) is 11.3 Å². The number of likely N-dealkylation sites (tertiary alicyclic amines) is 1. The van der Waals surface area contributed by atoms with Gasteiger partial charge in [0.15, 0.2) is 5.82 Å². The van der Waals surface area contributed by atoms with Gasteiger partial charge in [-0.1, -0.05) is 0 Å². The van der Waals surface area contributed by atoms with Gasteiger partial charge < -0.3 is 10.2 Å². The van der Waals surface area contributed by atoms with E-state index in [0.717, 1.165) is 36.5 Å². The van der Waals surface area contributed by atoms with Crippen LogP contribution in [-0.4, -0.2) is 50.9 Å². The zero-order valence-electron chi connectivity index (χ0n) is 15.7. The van der Waals surface area contributed by atoms with Crippen LogP contribution in [0.5, 0.6) is 0 Å². The van der Waals surface area contributed by atoms with Gasteiger partial charge in [0.2, 0.25) is 0 Å². The summed E-state index contributed by atoms with van der Waals surface area (Å²) in [5.74, 6) is 1.63. The number of hydrogen-bond acceptors (Lipinski definition) is 6. The molecule has 1 aliphatic heterocycles. The molecule has 0 spiro atoms. The largest absolute Gasteiger partial charge is 0.373 e. The molecular formula is C21H22N6O. The molecular weight excluding hydrogens is 352 g/mol. The summed E-state index contributed by atoms with van der Waals surface area (Å²) < 4.78 is 0. The molecule has 0 saturated carbocycles. The normalized spacial score (nSPS) is 16.6. The molecule has 1 aliphatic rings. The average Bonchev–Trinajstić information content (AvgIpc) is 2.79. The van der Waals surface area contributed by atoms with E-state index < -0.39 is 0 Å². The van der Waals surface area contributed by atoms with E-state index >= 15 is 0 Å². The van der Waals surface area contributed by atoms with Crippen LogP contribution in [0, 0.1) is 0 Å². The molecule has 0 bridgehead atoms. The summed E-state index contributed by atoms with van der Waals surface area (Å²) in [4.78, 5) is 32.2. The van der Waals surface area contributed by atoms with Crippen LogP contribution in [-0.2, 0) is 0 Å². The van der Waals surface area contributed by atoms with Gasteiger partial charge in [-0.25, -0.2) is 9.97 Å². The fraction of sp³-hybridized carbons (Fsp3) is 0.286. The highest BCUT2D eigenvalue weighted by atomic mass is 16.2. The Kier molecular flexibility index (Phi) is 5.23. The Hall–Kier alpha value is -3.35. The van der Waals surface area contributed by atoms with E-state index in [2.05, 4.69) is 20.3 Å². The molecule has 0 radical (unpaired) electrons. The van der Waals surface area contributed by atoms with Crippen molar-refractivity contribution in [2.24, 2.45) is 0 Å². The number of pyridine rings is 2. The highest BCUT2D eigenvalue weighted by Gasteiger charge is 2.27. The Morgan fingerprint density at radius 1 is 1.14 bits per heavy atom. The lowest BCUT2D eigenvalue weighted by Crippen LogP contribution is -2.39. The van der Waals surface area contributed by atoms with Gasteiger partial charge in [-0.2, -0.15) is 0 Å². The van der Waals surface area contributed by atoms with Gasteiger partial charge >= 0.3 is 0 Å². The maximum absolute atomic E-state index is 12.8. The molecule has 7 nitrogen and oxygen atoms in total. The predicted octanol–water partition coefficient (Wildman–Crippen LogP) is 3.00. The number of anilines is 1. The summed E-state index contributed by atoms with van der Waals surface area (Å²) >= 11 is 0. The number of rotatable bonds is 4. The highest BCUT2D eigenvalue weighted by Crippen LogP contribution is 2.29. The second kappa shape index (κ2) is 8.12. The van der Waals surface area contributed by atoms with E-state index in [1.807, 2.05) is 36.2 Å². The van der Waals surface area contributed by atoms with E-state index in [4.69, 9.17) is 4.98 Å². The summed E-state index contributed by atoms with van der Waals surface area (Å²) in [5, 5.41) is 3.12. The number of nitrogens with zero attached hydrogens (tertiary/aromatic N) is 5. The standard InChI is InChI=1S/C21H22N6O/c1-22-19-12-18(25-20(26-19)15-6-9-23-10-7-15)17-5-3-11-27(14-17)21(28)16-4-2-8-24-13-16/h2,4,6-10,12-13,17H,3,5,11,14H2,1H3,(H,22,25,26)/t17-/m0/s1. The molecule has 4 heterocycles. The van der Waals surface area contributed by atoms with Crippen LogP contribution in [0.2, 0.25) is 0 Å². The van der Waals surface area contributed by atoms with Crippen molar-refractivity contribution in [2.45, 2.75) is 18.8 Å². The zero-order chi connectivity index (χ0) is 19.3. The molecule has 0 unspecified atom stereocenters. The van der Waals surface area contributed by atoms with Gasteiger partial charge in [-0.05, 0) is 37.1 Å². The monoisotopic (exact) mass is 374 g/mol. The third kappa shape index (κ3) is 3.83. The molecule has 28 heavy (non-hydrogen) atoms. The molecule has 3 aromatic rings. The lowest BCUT2D eigenvalue weighted by Gasteiger charge is -2.32. The molecule has 0 aliphatic carbocycles. The number of aromatic nitrogens is 4. The average molecular weight is 374 g/mol. The molecule has 1 atom stereocenters. The maximum atomic E-state index is 12.8. The minimum atomic E-state index is 0.0232. The quantitative estimate of drug-likeness (QED) is 0.756. The van der Waals surface area contributed by atoms with Gasteiger partial charge in [-0.15, -0.1) is 0 Å². The Morgan fingerprint density at radius 3 is 2.75 bits per heavy atom. The molecule has 4 rings (SSSR count). The lowest BCUT2D eigenvalue weighted by molar-refractivity contribution is 0.0705. The number of piperidine rings is 1. The van der Waals surface area contributed by atoms with Crippen molar-refractivity contribution in [1.82, 2.24) is 24.8 Å². The van der Waals surface area contributed by atoms with E-state index in [1.165, 1.54) is 0 Å². The van der Waals surface area contributed by atoms with Gasteiger partial charge in [-0.3, -0.25) is 14.8 Å². The number of carbonyl (C=O) groups is 1. The first kappa shape index (κ1) is 18.0. The van der Waals surface area contributed by atoms with Gasteiger partial charge in [0.25, 0.3) is 5.91 Å². The van der Waals surface area contributed by atoms with Crippen molar-refractivity contribution in [2.75, 3.05) is 25.5 Å². The Balaban J connectivity index is 1.60. The molecule has 142 valence electrons. The first-order valence-corrected chi connectivity index (χ1v) is 9.41.